The van der Waals surface area contributed by atoms with Gasteiger partial charge in [-0.2, -0.15) is 0 Å². The van der Waals surface area contributed by atoms with Crippen LogP contribution < -0.4 is 5.73 Å². The van der Waals surface area contributed by atoms with Gasteiger partial charge < -0.3 is 5.73 Å². The van der Waals surface area contributed by atoms with E-state index in [0.29, 0.717) is 0 Å². The van der Waals surface area contributed by atoms with Crippen LogP contribution in [0.15, 0.2) is 91.0 Å². The van der Waals surface area contributed by atoms with E-state index in [9.17, 15) is 4.79 Å². The number of hydrogen-bond donors (Lipinski definition) is 1. The first kappa shape index (κ1) is 14.7. The third-order valence-electron chi connectivity index (χ3n) is 5.17. The molecule has 2 nitrogen and oxygen atoms in total. The third kappa shape index (κ3) is 2.07. The summed E-state index contributed by atoms with van der Waals surface area (Å²) < 4.78 is 0. The van der Waals surface area contributed by atoms with E-state index in [1.165, 1.54) is 0 Å². The Hall–Kier alpha value is -2.87. The zero-order chi connectivity index (χ0) is 16.6. The van der Waals surface area contributed by atoms with Crippen LogP contribution in [0.5, 0.6) is 0 Å². The summed E-state index contributed by atoms with van der Waals surface area (Å²) in [6.07, 6.45) is 0. The van der Waals surface area contributed by atoms with E-state index in [1.54, 1.807) is 0 Å². The van der Waals surface area contributed by atoms with Crippen LogP contribution in [0.2, 0.25) is 0 Å². The number of primary amides is 1. The minimum Gasteiger partial charge on any atom is -0.369 e. The average molecular weight is 313 g/mol. The molecule has 1 aliphatic rings. The SMILES string of the molecule is NC(=O)C1C(c2ccccc2)C1(c1ccccc1)c1ccccc1. The second kappa shape index (κ2) is 5.64. The fraction of sp³-hybridized carbons (Fsp3) is 0.136. The molecular formula is C22H19NO. The lowest BCUT2D eigenvalue weighted by Crippen LogP contribution is -2.22. The number of hydrogen-bond acceptors (Lipinski definition) is 1. The highest BCUT2D eigenvalue weighted by molar-refractivity contribution is 5.87. The van der Waals surface area contributed by atoms with Gasteiger partial charge in [-0.25, -0.2) is 0 Å². The number of carbonyl (C=O) groups is 1. The van der Waals surface area contributed by atoms with E-state index in [4.69, 9.17) is 5.73 Å². The zero-order valence-corrected chi connectivity index (χ0v) is 13.3. The van der Waals surface area contributed by atoms with E-state index in [1.807, 2.05) is 54.6 Å². The van der Waals surface area contributed by atoms with Crippen LogP contribution in [0.1, 0.15) is 22.6 Å². The van der Waals surface area contributed by atoms with E-state index in [2.05, 4.69) is 36.4 Å². The van der Waals surface area contributed by atoms with Gasteiger partial charge in [0.05, 0.1) is 5.92 Å². The zero-order valence-electron chi connectivity index (χ0n) is 13.3. The molecule has 1 aliphatic carbocycles. The Morgan fingerprint density at radius 1 is 0.708 bits per heavy atom. The predicted molar refractivity (Wildman–Crippen MR) is 95.5 cm³/mol. The van der Waals surface area contributed by atoms with Crippen LogP contribution in [-0.2, 0) is 10.2 Å². The maximum absolute atomic E-state index is 12.3. The number of carbonyl (C=O) groups excluding carboxylic acids is 1. The van der Waals surface area contributed by atoms with Gasteiger partial charge in [-0.3, -0.25) is 4.79 Å². The Kier molecular flexibility index (Phi) is 3.46. The molecule has 2 unspecified atom stereocenters. The average Bonchev–Trinajstić information content (AvgIpc) is 3.36. The summed E-state index contributed by atoms with van der Waals surface area (Å²) in [4.78, 5) is 12.3. The minimum atomic E-state index is -0.379. The first-order chi connectivity index (χ1) is 11.8. The van der Waals surface area contributed by atoms with E-state index in [-0.39, 0.29) is 23.2 Å². The molecule has 0 saturated heterocycles. The maximum atomic E-state index is 12.3. The van der Waals surface area contributed by atoms with Crippen LogP contribution in [0.3, 0.4) is 0 Å². The number of amides is 1. The van der Waals surface area contributed by atoms with Crippen molar-refractivity contribution in [2.24, 2.45) is 11.7 Å². The van der Waals surface area contributed by atoms with Crippen molar-refractivity contribution in [3.63, 3.8) is 0 Å². The van der Waals surface area contributed by atoms with Gasteiger partial charge in [0.2, 0.25) is 5.91 Å². The molecule has 0 heterocycles. The Balaban J connectivity index is 1.95. The first-order valence-electron chi connectivity index (χ1n) is 8.21. The molecule has 2 atom stereocenters. The molecule has 0 aromatic heterocycles. The van der Waals surface area contributed by atoms with Gasteiger partial charge in [-0.15, -0.1) is 0 Å². The number of rotatable bonds is 4. The number of nitrogens with two attached hydrogens (primary N) is 1. The van der Waals surface area contributed by atoms with Crippen LogP contribution >= 0.6 is 0 Å². The third-order valence-corrected chi connectivity index (χ3v) is 5.17. The fourth-order valence-corrected chi connectivity index (χ4v) is 4.21. The van der Waals surface area contributed by atoms with Gasteiger partial charge in [-0.05, 0) is 16.7 Å². The largest absolute Gasteiger partial charge is 0.369 e. The molecule has 1 saturated carbocycles. The van der Waals surface area contributed by atoms with Crippen molar-refractivity contribution in [1.29, 1.82) is 0 Å². The molecule has 2 N–H and O–H groups in total. The standard InChI is InChI=1S/C22H19NO/c23-21(24)20-19(16-10-4-1-5-11-16)22(20,17-12-6-2-7-13-17)18-14-8-3-9-15-18/h1-15,19-20H,(H2,23,24). The lowest BCUT2D eigenvalue weighted by Gasteiger charge is -2.20. The highest BCUT2D eigenvalue weighted by atomic mass is 16.1. The summed E-state index contributed by atoms with van der Waals surface area (Å²) in [6, 6.07) is 30.7. The topological polar surface area (TPSA) is 43.1 Å². The van der Waals surface area contributed by atoms with Gasteiger partial charge in [0.15, 0.2) is 0 Å². The molecule has 0 radical (unpaired) electrons. The second-order valence-corrected chi connectivity index (χ2v) is 6.37. The lowest BCUT2D eigenvalue weighted by atomic mass is 9.83. The van der Waals surface area contributed by atoms with Crippen molar-refractivity contribution in [2.75, 3.05) is 0 Å². The van der Waals surface area contributed by atoms with Crippen LogP contribution in [-0.4, -0.2) is 5.91 Å². The summed E-state index contributed by atoms with van der Waals surface area (Å²) in [5.74, 6) is -0.401. The molecule has 3 aromatic rings. The van der Waals surface area contributed by atoms with Crippen molar-refractivity contribution in [3.05, 3.63) is 108 Å². The molecule has 118 valence electrons. The van der Waals surface area contributed by atoms with Crippen molar-refractivity contribution in [3.8, 4) is 0 Å². The number of benzene rings is 3. The molecular weight excluding hydrogens is 294 g/mol. The van der Waals surface area contributed by atoms with Crippen LogP contribution in [0, 0.1) is 5.92 Å². The van der Waals surface area contributed by atoms with Crippen molar-refractivity contribution in [1.82, 2.24) is 0 Å². The van der Waals surface area contributed by atoms with Gasteiger partial charge in [-0.1, -0.05) is 91.0 Å². The minimum absolute atomic E-state index is 0.0704. The summed E-state index contributed by atoms with van der Waals surface area (Å²) in [7, 11) is 0. The molecule has 0 bridgehead atoms. The van der Waals surface area contributed by atoms with Gasteiger partial charge in [0, 0.05) is 11.3 Å². The van der Waals surface area contributed by atoms with Crippen molar-refractivity contribution < 1.29 is 4.79 Å². The van der Waals surface area contributed by atoms with E-state index >= 15 is 0 Å². The molecule has 2 heteroatoms. The summed E-state index contributed by atoms with van der Waals surface area (Å²) in [6.45, 7) is 0. The Labute approximate surface area is 142 Å². The van der Waals surface area contributed by atoms with E-state index < -0.39 is 0 Å². The highest BCUT2D eigenvalue weighted by Gasteiger charge is 2.69. The quantitative estimate of drug-likeness (QED) is 0.780. The fourth-order valence-electron chi connectivity index (χ4n) is 4.21. The Bertz CT molecular complexity index is 803. The van der Waals surface area contributed by atoms with Crippen LogP contribution in [0.25, 0.3) is 0 Å². The summed E-state index contributed by atoms with van der Waals surface area (Å²) in [5, 5.41) is 0. The normalized spacial score (nSPS) is 21.2. The van der Waals surface area contributed by atoms with E-state index in [0.717, 1.165) is 16.7 Å². The molecule has 1 amide bonds. The monoisotopic (exact) mass is 313 g/mol. The Morgan fingerprint density at radius 3 is 1.54 bits per heavy atom. The molecule has 24 heavy (non-hydrogen) atoms. The van der Waals surface area contributed by atoms with Crippen molar-refractivity contribution >= 4 is 5.91 Å². The first-order valence-corrected chi connectivity index (χ1v) is 8.21. The molecule has 0 aliphatic heterocycles. The summed E-state index contributed by atoms with van der Waals surface area (Å²) >= 11 is 0. The molecule has 1 fully saturated rings. The Morgan fingerprint density at radius 2 is 1.12 bits per heavy atom. The van der Waals surface area contributed by atoms with Crippen molar-refractivity contribution in [2.45, 2.75) is 11.3 Å². The van der Waals surface area contributed by atoms with Gasteiger partial charge in [0.1, 0.15) is 0 Å². The van der Waals surface area contributed by atoms with Gasteiger partial charge >= 0.3 is 0 Å². The maximum Gasteiger partial charge on any atom is 0.222 e. The lowest BCUT2D eigenvalue weighted by molar-refractivity contribution is -0.119. The molecule has 0 spiro atoms. The van der Waals surface area contributed by atoms with Crippen LogP contribution in [0.4, 0.5) is 0 Å². The smallest absolute Gasteiger partial charge is 0.222 e. The predicted octanol–water partition coefficient (Wildman–Crippen LogP) is 3.87. The summed E-state index contributed by atoms with van der Waals surface area (Å²) in [5.41, 5.74) is 8.91. The molecule has 3 aromatic carbocycles. The second-order valence-electron chi connectivity index (χ2n) is 6.37. The van der Waals surface area contributed by atoms with Gasteiger partial charge in [0.25, 0.3) is 0 Å². The highest BCUT2D eigenvalue weighted by Crippen LogP contribution is 2.68. The molecule has 4 rings (SSSR count).